The van der Waals surface area contributed by atoms with Gasteiger partial charge in [-0.2, -0.15) is 0 Å². The molecule has 4 bridgehead atoms. The van der Waals surface area contributed by atoms with E-state index in [1.807, 2.05) is 84.9 Å². The number of hydrogen-bond donors (Lipinski definition) is 9. The molecule has 0 aromatic heterocycles. The number of cyclic esters (lactones) is 2. The summed E-state index contributed by atoms with van der Waals surface area (Å²) in [6, 6.07) is 0. The third-order valence-corrected chi connectivity index (χ3v) is 25.5. The highest BCUT2D eigenvalue weighted by molar-refractivity contribution is 5.83. The molecule has 28 heteroatoms. The molecule has 28 nitrogen and oxygen atoms in total. The van der Waals surface area contributed by atoms with Crippen LogP contribution >= 0.6 is 0 Å². The minimum absolute atomic E-state index is 0.0170. The first-order chi connectivity index (χ1) is 55.8. The van der Waals surface area contributed by atoms with Gasteiger partial charge in [-0.1, -0.05) is 101 Å². The summed E-state index contributed by atoms with van der Waals surface area (Å²) in [6.07, 6.45) is 4.02. The van der Waals surface area contributed by atoms with Gasteiger partial charge < -0.3 is 126 Å². The van der Waals surface area contributed by atoms with Crippen LogP contribution in [0.4, 0.5) is 0 Å². The second-order valence-electron chi connectivity index (χ2n) is 34.7. The molecular formula is C89H150O28. The highest BCUT2D eigenvalue weighted by Crippen LogP contribution is 2.37. The van der Waals surface area contributed by atoms with Crippen LogP contribution in [0, 0.1) is 35.5 Å². The number of esters is 2. The first kappa shape index (κ1) is 101. The molecule has 0 aliphatic carbocycles. The van der Waals surface area contributed by atoms with E-state index >= 15 is 0 Å². The maximum Gasteiger partial charge on any atom is 0.331 e. The Balaban J connectivity index is 1.17. The number of hydrogen-bond acceptors (Lipinski definition) is 28. The van der Waals surface area contributed by atoms with E-state index in [1.165, 1.54) is 33.5 Å². The molecule has 117 heavy (non-hydrogen) atoms. The van der Waals surface area contributed by atoms with Gasteiger partial charge in [-0.15, -0.1) is 0 Å². The molecule has 0 aromatic carbocycles. The van der Waals surface area contributed by atoms with Crippen LogP contribution in [0.3, 0.4) is 0 Å². The van der Waals surface area contributed by atoms with Crippen molar-refractivity contribution in [1.29, 1.82) is 0 Å². The van der Waals surface area contributed by atoms with E-state index in [4.69, 9.17) is 80.5 Å². The molecule has 0 saturated carbocycles. The Bertz CT molecular complexity index is 3020. The monoisotopic (exact) mass is 1670 g/mol. The largest absolute Gasteiger partial charge is 0.459 e. The van der Waals surface area contributed by atoms with E-state index in [0.717, 1.165) is 25.7 Å². The highest BCUT2D eigenvalue weighted by Gasteiger charge is 2.45. The molecule has 4 fully saturated rings. The summed E-state index contributed by atoms with van der Waals surface area (Å²) >= 11 is 0. The smallest absolute Gasteiger partial charge is 0.331 e. The van der Waals surface area contributed by atoms with Crippen LogP contribution in [0.5, 0.6) is 0 Å². The van der Waals surface area contributed by atoms with Crippen LogP contribution in [-0.2, 0) is 90.1 Å². The van der Waals surface area contributed by atoms with Crippen LogP contribution in [0.2, 0.25) is 0 Å². The number of rotatable bonds is 23. The quantitative estimate of drug-likeness (QED) is 0.0342. The molecule has 36 atom stereocenters. The van der Waals surface area contributed by atoms with E-state index in [1.54, 1.807) is 61.4 Å². The molecule has 4 saturated heterocycles. The first-order valence-corrected chi connectivity index (χ1v) is 43.2. The predicted molar refractivity (Wildman–Crippen MR) is 436 cm³/mol. The normalized spacial score (nSPS) is 41.0. The summed E-state index contributed by atoms with van der Waals surface area (Å²) in [5.74, 6) is -4.46. The van der Waals surface area contributed by atoms with Crippen molar-refractivity contribution in [1.82, 2.24) is 0 Å². The number of aliphatic hydroxyl groups is 9. The Morgan fingerprint density at radius 1 is 0.427 bits per heavy atom. The van der Waals surface area contributed by atoms with Gasteiger partial charge in [-0.05, 0) is 129 Å². The highest BCUT2D eigenvalue weighted by atomic mass is 16.7. The zero-order chi connectivity index (χ0) is 85.7. The van der Waals surface area contributed by atoms with E-state index in [-0.39, 0.29) is 113 Å². The Labute approximate surface area is 696 Å². The molecule has 0 spiro atoms. The average Bonchev–Trinajstić information content (AvgIpc) is 0.839. The fraction of sp³-hybridized carbons (Fsp3) is 0.843. The van der Waals surface area contributed by atoms with Gasteiger partial charge in [-0.25, -0.2) is 9.59 Å². The predicted octanol–water partition coefficient (Wildman–Crippen LogP) is 8.51. The third-order valence-electron chi connectivity index (χ3n) is 25.5. The molecule has 0 aromatic rings. The molecule has 7 aliphatic heterocycles. The molecule has 0 amide bonds. The minimum Gasteiger partial charge on any atom is -0.459 e. The van der Waals surface area contributed by atoms with Crippen molar-refractivity contribution in [3.05, 3.63) is 71.9 Å². The summed E-state index contributed by atoms with van der Waals surface area (Å²) < 4.78 is 104. The maximum atomic E-state index is 14.2. The SMILES string of the molecule is CO[C@H]1C[C@H](CC[C@H](C)[C@H](O)[C@H](C)[C@@H]2C[C@H](O)C[C@H](O)[C@H](C)[C@@H](OC)C[C@@H]3CC=C[C@@H](C[C@@H](O[C@H]4OC[C@H](OC)[C@@H](OC)[C@@H]4O)CC=C(C)/C=C/C(=O)O[C@H]([C@@H](C)[C@@H](O)[C@@H](C)CC[C@H]4C[C@H](OC)C[C@H](C)O4)C[C@H](O)C[C@H](O)[C@H](C)[C@@H](OC)C[C@@H]4CC=C[C@@H](C[C@@H](O[C@H]5OC[C@H](O)[C@@H](OC)[C@@H]5O)C/C=C(\C)C=CC(=O)O2)O4)O3)O[C@@H](C)C1. The first-order valence-electron chi connectivity index (χ1n) is 43.2. The van der Waals surface area contributed by atoms with Gasteiger partial charge >= 0.3 is 11.9 Å². The Hall–Kier alpha value is -3.58. The van der Waals surface area contributed by atoms with E-state index < -0.39 is 182 Å². The number of carbonyl (C=O) groups excluding carboxylic acids is 2. The zero-order valence-corrected chi connectivity index (χ0v) is 72.9. The fourth-order valence-corrected chi connectivity index (χ4v) is 17.8. The van der Waals surface area contributed by atoms with Gasteiger partial charge in [0.2, 0.25) is 0 Å². The third kappa shape index (κ3) is 32.2. The topological polar surface area (TPSA) is 373 Å². The van der Waals surface area contributed by atoms with Crippen LogP contribution < -0.4 is 0 Å². The summed E-state index contributed by atoms with van der Waals surface area (Å²) in [4.78, 5) is 28.4. The van der Waals surface area contributed by atoms with E-state index in [0.29, 0.717) is 62.5 Å². The number of ether oxygens (including phenoxy) is 17. The molecule has 674 valence electrons. The van der Waals surface area contributed by atoms with Crippen molar-refractivity contribution in [3.8, 4) is 0 Å². The van der Waals surface area contributed by atoms with Crippen molar-refractivity contribution in [3.63, 3.8) is 0 Å². The number of aliphatic hydroxyl groups excluding tert-OH is 9. The summed E-state index contributed by atoms with van der Waals surface area (Å²) in [5, 5.41) is 106. The van der Waals surface area contributed by atoms with Crippen molar-refractivity contribution < 1.29 is 136 Å². The van der Waals surface area contributed by atoms with Crippen molar-refractivity contribution >= 4 is 11.9 Å². The average molecular weight is 1670 g/mol. The Kier molecular flexibility index (Phi) is 43.8. The number of methoxy groups -OCH3 is 7. The summed E-state index contributed by atoms with van der Waals surface area (Å²) in [6.45, 7) is 18.8. The molecule has 0 unspecified atom stereocenters. The van der Waals surface area contributed by atoms with Crippen molar-refractivity contribution in [2.24, 2.45) is 35.5 Å². The number of allylic oxidation sites excluding steroid dienone is 4. The zero-order valence-electron chi connectivity index (χ0n) is 72.9. The van der Waals surface area contributed by atoms with Gasteiger partial charge in [0.05, 0.1) is 135 Å². The van der Waals surface area contributed by atoms with Crippen LogP contribution in [0.1, 0.15) is 198 Å². The molecule has 7 aliphatic rings. The number of fused-ring (bicyclic) bond motifs is 4. The summed E-state index contributed by atoms with van der Waals surface area (Å²) in [7, 11) is 10.9. The molecule has 7 heterocycles. The van der Waals surface area contributed by atoms with Gasteiger partial charge in [0.25, 0.3) is 0 Å². The lowest BCUT2D eigenvalue weighted by Crippen LogP contribution is -2.56. The number of carbonyl (C=O) groups is 2. The molecule has 9 N–H and O–H groups in total. The van der Waals surface area contributed by atoms with Gasteiger partial charge in [-0.3, -0.25) is 0 Å². The van der Waals surface area contributed by atoms with Gasteiger partial charge in [0.1, 0.15) is 48.8 Å². The molecule has 7 rings (SSSR count). The lowest BCUT2D eigenvalue weighted by Gasteiger charge is -2.40. The minimum atomic E-state index is -1.36. The van der Waals surface area contributed by atoms with E-state index in [9.17, 15) is 55.5 Å². The fourth-order valence-electron chi connectivity index (χ4n) is 17.8. The second-order valence-corrected chi connectivity index (χ2v) is 34.7. The van der Waals surface area contributed by atoms with Crippen molar-refractivity contribution in [2.75, 3.05) is 63.0 Å². The Morgan fingerprint density at radius 2 is 0.829 bits per heavy atom. The lowest BCUT2D eigenvalue weighted by molar-refractivity contribution is -0.290. The van der Waals surface area contributed by atoms with Gasteiger partial charge in [0.15, 0.2) is 12.6 Å². The molecular weight excluding hydrogens is 1520 g/mol. The molecule has 0 radical (unpaired) electrons. The van der Waals surface area contributed by atoms with Crippen LogP contribution in [-0.4, -0.2) is 304 Å². The maximum absolute atomic E-state index is 14.2. The second kappa shape index (κ2) is 51.0. The van der Waals surface area contributed by atoms with Gasteiger partial charge in [0, 0.05) is 124 Å². The Morgan fingerprint density at radius 3 is 1.22 bits per heavy atom. The van der Waals surface area contributed by atoms with Crippen LogP contribution in [0.15, 0.2) is 71.9 Å². The van der Waals surface area contributed by atoms with E-state index in [2.05, 4.69) is 0 Å². The summed E-state index contributed by atoms with van der Waals surface area (Å²) in [5.41, 5.74) is 1.29. The lowest BCUT2D eigenvalue weighted by atomic mass is 9.83. The van der Waals surface area contributed by atoms with Crippen LogP contribution in [0.25, 0.3) is 0 Å². The van der Waals surface area contributed by atoms with Crippen molar-refractivity contribution in [2.45, 2.75) is 381 Å². The standard InChI is InChI=1S/C89H150O28/c1-50-24-30-68(114-88-84(99)86(106-16)74(94)48-108-88)42-62-20-18-22-64(112-62)46-75(103-13)56(7)72(92)38-60(90)41-78(59(10)83(98)53(4)29-33-67-45-71(102-12)37-55(6)111-67)117-81(96)35-27-51(2)25-31-69(115-89-85(100)87(107-17)79(105-15)49-109-89)43-63-21-19-23-65(113-63)47-76(104-14)57(8)73(93)39-61(91)40-77(116-80(95)34-26-50)58(9)82(97)52(3)28-32-66-44-70(101-11)36-54(5)110-66/h18-21,24-27,34-35,52-79,82-94,97-100H,22-23,28-33,36-49H2,1-17H3/b34-26?,35-27+,50-24+,51-25?/t52-,53-,54-,55-,56-,57-,58+,59+,60+,61+,62-,63-,64-,65-,66-,67-,68-,69-,70+,71+,72-,73-,74-,75-,76-,77-,78-,79-,82-,83-,84-,85-,86+,87+,88+,89+/m0/s1.